The summed E-state index contributed by atoms with van der Waals surface area (Å²) in [4.78, 5) is 0.288. The Morgan fingerprint density at radius 2 is 2.11 bits per heavy atom. The topological polar surface area (TPSA) is 61.2 Å². The van der Waals surface area contributed by atoms with Crippen LogP contribution in [0.2, 0.25) is 0 Å². The Kier molecular flexibility index (Phi) is 4.50. The second-order valence-corrected chi connectivity index (χ2v) is 7.62. The van der Waals surface area contributed by atoms with Crippen LogP contribution < -0.4 is 0 Å². The van der Waals surface area contributed by atoms with Crippen LogP contribution in [0.3, 0.4) is 0 Å². The molecule has 0 amide bonds. The van der Waals surface area contributed by atoms with Gasteiger partial charge in [0.15, 0.2) is 0 Å². The van der Waals surface area contributed by atoms with Gasteiger partial charge in [0.25, 0.3) is 0 Å². The van der Waals surface area contributed by atoms with Crippen molar-refractivity contribution in [2.45, 2.75) is 18.2 Å². The molecule has 0 aromatic heterocycles. The van der Waals surface area contributed by atoms with Crippen LogP contribution in [0.4, 0.5) is 0 Å². The van der Waals surface area contributed by atoms with Gasteiger partial charge >= 0.3 is 0 Å². The normalized spacial score (nSPS) is 17.7. The van der Waals surface area contributed by atoms with Crippen molar-refractivity contribution in [2.75, 3.05) is 24.6 Å². The summed E-state index contributed by atoms with van der Waals surface area (Å²) >= 11 is 1.79. The van der Waals surface area contributed by atoms with E-state index in [1.807, 2.05) is 0 Å². The average Bonchev–Trinajstić information content (AvgIpc) is 2.67. The molecular formula is C13H16N2O2S2. The van der Waals surface area contributed by atoms with Crippen LogP contribution in [0.15, 0.2) is 23.1 Å². The Morgan fingerprint density at radius 1 is 1.32 bits per heavy atom. The average molecular weight is 296 g/mol. The van der Waals surface area contributed by atoms with Gasteiger partial charge in [0.05, 0.1) is 16.5 Å². The van der Waals surface area contributed by atoms with Crippen molar-refractivity contribution in [3.8, 4) is 6.07 Å². The molecule has 0 unspecified atom stereocenters. The fraction of sp³-hybridized carbons (Fsp3) is 0.462. The van der Waals surface area contributed by atoms with Gasteiger partial charge in [0, 0.05) is 18.8 Å². The molecule has 0 spiro atoms. The molecule has 2 rings (SSSR count). The van der Waals surface area contributed by atoms with Crippen molar-refractivity contribution >= 4 is 21.8 Å². The van der Waals surface area contributed by atoms with Gasteiger partial charge in [-0.25, -0.2) is 8.42 Å². The molecule has 0 N–H and O–H groups in total. The number of nitriles is 1. The third-order valence-electron chi connectivity index (χ3n) is 3.14. The summed E-state index contributed by atoms with van der Waals surface area (Å²) in [6, 6.07) is 6.75. The highest BCUT2D eigenvalue weighted by atomic mass is 32.2. The SMILES string of the molecule is Cc1cc(S(=O)(=O)N2CCCSCC2)ccc1C#N. The molecule has 1 aliphatic rings. The van der Waals surface area contributed by atoms with E-state index in [-0.39, 0.29) is 4.90 Å². The first-order valence-electron chi connectivity index (χ1n) is 6.14. The highest BCUT2D eigenvalue weighted by Gasteiger charge is 2.25. The Bertz CT molecular complexity index is 598. The van der Waals surface area contributed by atoms with Gasteiger partial charge in [-0.05, 0) is 42.9 Å². The molecule has 102 valence electrons. The van der Waals surface area contributed by atoms with Gasteiger partial charge in [0.1, 0.15) is 0 Å². The summed E-state index contributed by atoms with van der Waals surface area (Å²) in [7, 11) is -3.42. The fourth-order valence-electron chi connectivity index (χ4n) is 2.03. The van der Waals surface area contributed by atoms with Crippen LogP contribution in [-0.2, 0) is 10.0 Å². The van der Waals surface area contributed by atoms with Crippen LogP contribution in [0.25, 0.3) is 0 Å². The maximum atomic E-state index is 12.5. The highest BCUT2D eigenvalue weighted by Crippen LogP contribution is 2.21. The lowest BCUT2D eigenvalue weighted by atomic mass is 10.1. The molecule has 0 bridgehead atoms. The van der Waals surface area contributed by atoms with Crippen molar-refractivity contribution < 1.29 is 8.42 Å². The summed E-state index contributed by atoms with van der Waals surface area (Å²) in [5, 5.41) is 8.89. The molecule has 0 atom stereocenters. The predicted octanol–water partition coefficient (Wildman–Crippen LogP) is 1.99. The molecular weight excluding hydrogens is 280 g/mol. The molecule has 0 saturated carbocycles. The minimum atomic E-state index is -3.42. The summed E-state index contributed by atoms with van der Waals surface area (Å²) in [5.74, 6) is 1.85. The number of rotatable bonds is 2. The van der Waals surface area contributed by atoms with Crippen molar-refractivity contribution in [3.63, 3.8) is 0 Å². The lowest BCUT2D eigenvalue weighted by Crippen LogP contribution is -2.33. The van der Waals surface area contributed by atoms with E-state index in [4.69, 9.17) is 5.26 Å². The zero-order valence-electron chi connectivity index (χ0n) is 10.8. The number of thioether (sulfide) groups is 1. The van der Waals surface area contributed by atoms with Crippen molar-refractivity contribution in [2.24, 2.45) is 0 Å². The van der Waals surface area contributed by atoms with E-state index in [1.54, 1.807) is 35.1 Å². The maximum Gasteiger partial charge on any atom is 0.243 e. The number of aryl methyl sites for hydroxylation is 1. The highest BCUT2D eigenvalue weighted by molar-refractivity contribution is 7.99. The standard InChI is InChI=1S/C13H16N2O2S2/c1-11-9-13(4-3-12(11)10-14)19(16,17)15-5-2-7-18-8-6-15/h3-4,9H,2,5-8H2,1H3. The zero-order valence-corrected chi connectivity index (χ0v) is 12.4. The van der Waals surface area contributed by atoms with Crippen LogP contribution in [0.5, 0.6) is 0 Å². The Balaban J connectivity index is 2.33. The first-order valence-corrected chi connectivity index (χ1v) is 8.74. The quantitative estimate of drug-likeness (QED) is 0.837. The van der Waals surface area contributed by atoms with E-state index < -0.39 is 10.0 Å². The van der Waals surface area contributed by atoms with Gasteiger partial charge in [-0.15, -0.1) is 0 Å². The van der Waals surface area contributed by atoms with Gasteiger partial charge in [0.2, 0.25) is 10.0 Å². The molecule has 4 nitrogen and oxygen atoms in total. The first-order chi connectivity index (χ1) is 9.05. The molecule has 0 aliphatic carbocycles. The van der Waals surface area contributed by atoms with Gasteiger partial charge in [-0.1, -0.05) is 0 Å². The van der Waals surface area contributed by atoms with E-state index in [2.05, 4.69) is 6.07 Å². The predicted molar refractivity (Wildman–Crippen MR) is 76.6 cm³/mol. The van der Waals surface area contributed by atoms with Crippen molar-refractivity contribution in [3.05, 3.63) is 29.3 Å². The van der Waals surface area contributed by atoms with Crippen LogP contribution >= 0.6 is 11.8 Å². The largest absolute Gasteiger partial charge is 0.243 e. The van der Waals surface area contributed by atoms with Crippen LogP contribution in [0, 0.1) is 18.3 Å². The van der Waals surface area contributed by atoms with E-state index in [1.165, 1.54) is 6.07 Å². The minimum Gasteiger partial charge on any atom is -0.207 e. The van der Waals surface area contributed by atoms with E-state index in [0.717, 1.165) is 17.9 Å². The third kappa shape index (κ3) is 3.11. The lowest BCUT2D eigenvalue weighted by Gasteiger charge is -2.19. The lowest BCUT2D eigenvalue weighted by molar-refractivity contribution is 0.435. The van der Waals surface area contributed by atoms with Gasteiger partial charge < -0.3 is 0 Å². The van der Waals surface area contributed by atoms with E-state index >= 15 is 0 Å². The Hall–Kier alpha value is -1.03. The molecule has 1 saturated heterocycles. The molecule has 0 radical (unpaired) electrons. The number of sulfonamides is 1. The smallest absolute Gasteiger partial charge is 0.207 e. The molecule has 19 heavy (non-hydrogen) atoms. The second-order valence-electron chi connectivity index (χ2n) is 4.46. The summed E-state index contributed by atoms with van der Waals surface area (Å²) in [5.41, 5.74) is 1.22. The zero-order chi connectivity index (χ0) is 13.9. The number of nitrogens with zero attached hydrogens (tertiary/aromatic N) is 2. The summed E-state index contributed by atoms with van der Waals surface area (Å²) in [6.07, 6.45) is 0.888. The fourth-order valence-corrected chi connectivity index (χ4v) is 4.60. The Morgan fingerprint density at radius 3 is 2.79 bits per heavy atom. The van der Waals surface area contributed by atoms with E-state index in [9.17, 15) is 8.42 Å². The number of hydrogen-bond donors (Lipinski definition) is 0. The molecule has 1 aromatic carbocycles. The molecule has 1 fully saturated rings. The number of benzene rings is 1. The molecule has 1 heterocycles. The summed E-state index contributed by atoms with van der Waals surface area (Å²) < 4.78 is 26.6. The first kappa shape index (κ1) is 14.4. The van der Waals surface area contributed by atoms with Crippen molar-refractivity contribution in [1.82, 2.24) is 4.31 Å². The Labute approximate surface area is 118 Å². The van der Waals surface area contributed by atoms with Crippen LogP contribution in [0.1, 0.15) is 17.5 Å². The minimum absolute atomic E-state index is 0.288. The number of hydrogen-bond acceptors (Lipinski definition) is 4. The second kappa shape index (κ2) is 5.95. The molecule has 6 heteroatoms. The monoisotopic (exact) mass is 296 g/mol. The molecule has 1 aromatic rings. The van der Waals surface area contributed by atoms with Gasteiger partial charge in [-0.2, -0.15) is 21.3 Å². The third-order valence-corrected chi connectivity index (χ3v) is 6.08. The van der Waals surface area contributed by atoms with E-state index in [0.29, 0.717) is 24.2 Å². The van der Waals surface area contributed by atoms with Crippen molar-refractivity contribution in [1.29, 1.82) is 5.26 Å². The maximum absolute atomic E-state index is 12.5. The summed E-state index contributed by atoms with van der Waals surface area (Å²) in [6.45, 7) is 2.90. The van der Waals surface area contributed by atoms with Crippen LogP contribution in [-0.4, -0.2) is 37.3 Å². The van der Waals surface area contributed by atoms with Gasteiger partial charge in [-0.3, -0.25) is 0 Å². The molecule has 1 aliphatic heterocycles.